The SMILES string of the molecule is CC(=O)N1CCN(C(=O)Cn2nc(-c3ccccc3)c3c(Cl)c(-c4ccccc4)nnc32)CC1.CN1CCCN(C(=O)Cn2nc(-c3ccccc3)c3c(Cl)c(-c4ccccc4)nnc32)CC1.CN1C[C@H]2C[C@@H]1CN2C(=O)Cn1nc(-c2ccccc2)c2c(Cl)c(-c3ccccc3)nnc21.NC(=O)Cn1nc(-c2ccccc2)c2c(Cl)c(-c3ccccc3)nnc21. The lowest BCUT2D eigenvalue weighted by Gasteiger charge is -2.34. The van der Waals surface area contributed by atoms with Crippen LogP contribution in [0.1, 0.15) is 19.8 Å². The molecule has 28 nitrogen and oxygen atoms in total. The van der Waals surface area contributed by atoms with Gasteiger partial charge in [0.1, 0.15) is 71.7 Å². The molecule has 634 valence electrons. The second-order valence-electron chi connectivity index (χ2n) is 31.1. The van der Waals surface area contributed by atoms with Crippen LogP contribution in [0.15, 0.2) is 243 Å². The van der Waals surface area contributed by atoms with E-state index in [1.807, 2.05) is 252 Å². The predicted octanol–water partition coefficient (Wildman–Crippen LogP) is 14.5. The molecule has 4 fully saturated rings. The van der Waals surface area contributed by atoms with Gasteiger partial charge < -0.3 is 30.2 Å². The minimum Gasteiger partial charge on any atom is -0.368 e. The number of hydrogen-bond donors (Lipinski definition) is 1. The third-order valence-electron chi connectivity index (χ3n) is 22.9. The largest absolute Gasteiger partial charge is 0.368 e. The first-order valence-electron chi connectivity index (χ1n) is 41.3. The van der Waals surface area contributed by atoms with E-state index in [0.717, 1.165) is 90.1 Å². The number of piperazine rings is 2. The summed E-state index contributed by atoms with van der Waals surface area (Å²) < 4.78 is 6.31. The number of carbonyl (C=O) groups excluding carboxylic acids is 5. The number of halogens is 4. The van der Waals surface area contributed by atoms with Crippen molar-refractivity contribution in [2.45, 2.75) is 58.0 Å². The van der Waals surface area contributed by atoms with E-state index in [1.54, 1.807) is 30.8 Å². The van der Waals surface area contributed by atoms with Crippen molar-refractivity contribution in [1.29, 1.82) is 0 Å². The van der Waals surface area contributed by atoms with Gasteiger partial charge in [0, 0.05) is 122 Å². The van der Waals surface area contributed by atoms with Crippen LogP contribution in [0.4, 0.5) is 0 Å². The van der Waals surface area contributed by atoms with Crippen molar-refractivity contribution in [2.75, 3.05) is 79.5 Å². The number of rotatable bonds is 16. The molecular formula is C94H85Cl4N23O5. The summed E-state index contributed by atoms with van der Waals surface area (Å²) >= 11 is 27.4. The van der Waals surface area contributed by atoms with Gasteiger partial charge in [-0.05, 0) is 33.5 Å². The van der Waals surface area contributed by atoms with Gasteiger partial charge in [-0.2, -0.15) is 20.4 Å². The molecule has 16 aromatic rings. The summed E-state index contributed by atoms with van der Waals surface area (Å²) in [5, 5.41) is 58.7. The number of fused-ring (bicyclic) bond motifs is 6. The quantitative estimate of drug-likeness (QED) is 0.0939. The van der Waals surface area contributed by atoms with Crippen LogP contribution in [-0.4, -0.2) is 230 Å². The van der Waals surface area contributed by atoms with Crippen molar-refractivity contribution in [3.63, 3.8) is 0 Å². The zero-order chi connectivity index (χ0) is 87.1. The van der Waals surface area contributed by atoms with Crippen LogP contribution in [0.5, 0.6) is 0 Å². The Balaban J connectivity index is 0.000000119. The Hall–Kier alpha value is -13.6. The van der Waals surface area contributed by atoms with Crippen LogP contribution in [0, 0.1) is 0 Å². The molecule has 0 radical (unpaired) electrons. The summed E-state index contributed by atoms with van der Waals surface area (Å²) in [6, 6.07) is 78.4. The molecule has 4 saturated heterocycles. The fourth-order valence-electron chi connectivity index (χ4n) is 16.4. The van der Waals surface area contributed by atoms with Crippen LogP contribution in [0.2, 0.25) is 20.1 Å². The molecule has 0 unspecified atom stereocenters. The van der Waals surface area contributed by atoms with Crippen molar-refractivity contribution in [3.8, 4) is 90.1 Å². The maximum absolute atomic E-state index is 13.2. The second kappa shape index (κ2) is 37.8. The molecule has 2 bridgehead atoms. The highest BCUT2D eigenvalue weighted by molar-refractivity contribution is 6.40. The molecule has 20 rings (SSSR count). The maximum atomic E-state index is 13.2. The summed E-state index contributed by atoms with van der Waals surface area (Å²) in [5.74, 6) is -0.489. The number of likely N-dealkylation sites (N-methyl/N-ethyl adjacent to an activating group) is 2. The average Bonchev–Trinajstić information content (AvgIpc) is 1.59. The highest BCUT2D eigenvalue weighted by Crippen LogP contribution is 2.43. The summed E-state index contributed by atoms with van der Waals surface area (Å²) in [5.41, 5.74) is 19.4. The Bertz CT molecular complexity index is 6650. The highest BCUT2D eigenvalue weighted by Gasteiger charge is 2.44. The molecule has 32 heteroatoms. The Labute approximate surface area is 744 Å². The molecule has 4 aliphatic heterocycles. The fraction of sp³-hybridized carbons (Fsp3) is 0.223. The van der Waals surface area contributed by atoms with Crippen molar-refractivity contribution < 1.29 is 24.0 Å². The first kappa shape index (κ1) is 84.6. The average molecular weight is 1760 g/mol. The summed E-state index contributed by atoms with van der Waals surface area (Å²) in [6.45, 7) is 8.75. The van der Waals surface area contributed by atoms with Gasteiger partial charge in [-0.1, -0.05) is 289 Å². The van der Waals surface area contributed by atoms with Gasteiger partial charge in [0.15, 0.2) is 22.6 Å². The van der Waals surface area contributed by atoms with E-state index in [1.165, 1.54) is 4.68 Å². The minimum atomic E-state index is -0.515. The number of hydrogen-bond acceptors (Lipinski definition) is 19. The maximum Gasteiger partial charge on any atom is 0.244 e. The van der Waals surface area contributed by atoms with Crippen LogP contribution in [0.25, 0.3) is 134 Å². The lowest BCUT2D eigenvalue weighted by Crippen LogP contribution is -2.50. The van der Waals surface area contributed by atoms with E-state index < -0.39 is 5.91 Å². The lowest BCUT2D eigenvalue weighted by molar-refractivity contribution is -0.138. The van der Waals surface area contributed by atoms with Gasteiger partial charge >= 0.3 is 0 Å². The monoisotopic (exact) mass is 1760 g/mol. The number of primary amides is 1. The molecule has 0 aliphatic carbocycles. The van der Waals surface area contributed by atoms with E-state index in [9.17, 15) is 24.0 Å². The molecule has 4 aliphatic rings. The molecular weight excluding hydrogens is 1670 g/mol. The molecule has 8 aromatic heterocycles. The van der Waals surface area contributed by atoms with Crippen LogP contribution in [0.3, 0.4) is 0 Å². The molecule has 2 atom stereocenters. The molecule has 8 aromatic carbocycles. The first-order chi connectivity index (χ1) is 61.4. The van der Waals surface area contributed by atoms with E-state index in [4.69, 9.17) is 67.4 Å². The topological polar surface area (TPSA) is 305 Å². The predicted molar refractivity (Wildman–Crippen MR) is 488 cm³/mol. The summed E-state index contributed by atoms with van der Waals surface area (Å²) in [6.07, 6.45) is 2.01. The number of amides is 5. The third kappa shape index (κ3) is 17.9. The van der Waals surface area contributed by atoms with Crippen molar-refractivity contribution >= 4 is 120 Å². The molecule has 5 amide bonds. The Morgan fingerprint density at radius 3 is 0.865 bits per heavy atom. The van der Waals surface area contributed by atoms with E-state index in [0.29, 0.717) is 149 Å². The van der Waals surface area contributed by atoms with E-state index in [-0.39, 0.29) is 55.8 Å². The van der Waals surface area contributed by atoms with Crippen LogP contribution in [-0.2, 0) is 50.2 Å². The second-order valence-corrected chi connectivity index (χ2v) is 32.6. The van der Waals surface area contributed by atoms with Gasteiger partial charge in [-0.25, -0.2) is 18.7 Å². The van der Waals surface area contributed by atoms with Crippen molar-refractivity contribution in [1.82, 2.24) is 109 Å². The number of nitrogens with zero attached hydrogens (tertiary/aromatic N) is 22. The zero-order valence-corrected chi connectivity index (χ0v) is 72.1. The number of benzene rings is 8. The Kier molecular flexibility index (Phi) is 25.4. The van der Waals surface area contributed by atoms with Crippen molar-refractivity contribution in [2.24, 2.45) is 5.73 Å². The van der Waals surface area contributed by atoms with Gasteiger partial charge in [0.05, 0.1) is 41.6 Å². The lowest BCUT2D eigenvalue weighted by atomic mass is 10.1. The summed E-state index contributed by atoms with van der Waals surface area (Å²) in [7, 11) is 4.21. The summed E-state index contributed by atoms with van der Waals surface area (Å²) in [4.78, 5) is 74.5. The Morgan fingerprint density at radius 1 is 0.317 bits per heavy atom. The standard InChI is InChI=1S/C25H23ClN6O2.C25H23ClN6O.C25H25ClN6O.C19H14ClN5O/c1-17(33)30-12-14-31(15-13-30)20(34)16-32-25-21(23(29-32)18-8-4-2-5-9-18)22(26)24(27-28-25)19-10-6-3-7-11-19;1-30-13-19-12-18(30)14-31(19)20(33)15-32-25-21(23(29-32)16-8-4-2-5-9-16)22(26)24(27-28-25)17-10-6-3-7-11-17;1-30-13-8-14-31(16-15-30)20(33)17-32-25-21(23(29-32)18-9-4-2-5-10-18)22(26)24(27-28-25)19-11-6-3-7-12-19;20-16-15-17(12-7-3-1-4-8-12)24-25(11-14(21)26)19(15)23-22-18(16)13-9-5-2-6-10-13/h2-11H,12-16H2,1H3;2-11,18-19H,12-15H2,1H3;2-7,9-12H,8,13-17H2,1H3;1-10H,11H2,(H2,21,26)/t;18-,19-;;/m.1../s1. The number of nitrogens with two attached hydrogens (primary N) is 1. The highest BCUT2D eigenvalue weighted by atomic mass is 35.5. The van der Waals surface area contributed by atoms with E-state index in [2.05, 4.69) is 69.8 Å². The number of carbonyl (C=O) groups is 5. The fourth-order valence-corrected chi connectivity index (χ4v) is 17.7. The van der Waals surface area contributed by atoms with Gasteiger partial charge in [0.2, 0.25) is 29.5 Å². The minimum absolute atomic E-state index is 0.0130. The smallest absolute Gasteiger partial charge is 0.244 e. The third-order valence-corrected chi connectivity index (χ3v) is 24.4. The first-order valence-corrected chi connectivity index (χ1v) is 42.8. The van der Waals surface area contributed by atoms with Crippen LogP contribution < -0.4 is 5.73 Å². The van der Waals surface area contributed by atoms with E-state index >= 15 is 0 Å². The molecule has 126 heavy (non-hydrogen) atoms. The van der Waals surface area contributed by atoms with Crippen molar-refractivity contribution in [3.05, 3.63) is 263 Å². The van der Waals surface area contributed by atoms with Gasteiger partial charge in [0.25, 0.3) is 0 Å². The van der Waals surface area contributed by atoms with Gasteiger partial charge in [-0.15, -0.1) is 40.8 Å². The van der Waals surface area contributed by atoms with Crippen LogP contribution >= 0.6 is 46.4 Å². The number of likely N-dealkylation sites (tertiary alicyclic amines) is 2. The number of aromatic nitrogens is 16. The molecule has 12 heterocycles. The Morgan fingerprint density at radius 2 is 0.587 bits per heavy atom. The normalized spacial score (nSPS) is 15.2. The zero-order valence-electron chi connectivity index (χ0n) is 69.0. The van der Waals surface area contributed by atoms with Gasteiger partial charge in [-0.3, -0.25) is 28.9 Å². The molecule has 0 spiro atoms. The molecule has 0 saturated carbocycles. The molecule has 2 N–H and O–H groups in total.